The van der Waals surface area contributed by atoms with Gasteiger partial charge in [0.25, 0.3) is 0 Å². The lowest BCUT2D eigenvalue weighted by atomic mass is 9.46. The Labute approximate surface area is 129 Å². The third kappa shape index (κ3) is 2.83. The fourth-order valence-electron chi connectivity index (χ4n) is 4.88. The maximum Gasteiger partial charge on any atom is 0.119 e. The molecule has 0 unspecified atom stereocenters. The summed E-state index contributed by atoms with van der Waals surface area (Å²) >= 11 is 0. The number of hydrogen-bond donors (Lipinski definition) is 1. The van der Waals surface area contributed by atoms with Gasteiger partial charge in [-0.05, 0) is 62.8 Å². The van der Waals surface area contributed by atoms with E-state index in [1.165, 1.54) is 50.5 Å². The van der Waals surface area contributed by atoms with E-state index < -0.39 is 0 Å². The van der Waals surface area contributed by atoms with Crippen molar-refractivity contribution in [2.75, 3.05) is 20.2 Å². The molecule has 0 heterocycles. The summed E-state index contributed by atoms with van der Waals surface area (Å²) in [5.74, 6) is 0.993. The van der Waals surface area contributed by atoms with Gasteiger partial charge in [-0.15, -0.1) is 0 Å². The second-order valence-electron chi connectivity index (χ2n) is 7.18. The zero-order valence-corrected chi connectivity index (χ0v) is 13.6. The molecule has 2 saturated carbocycles. The molecule has 1 N–H and O–H groups in total. The van der Waals surface area contributed by atoms with Crippen LogP contribution in [0.3, 0.4) is 0 Å². The Morgan fingerprint density at radius 1 is 1.05 bits per heavy atom. The van der Waals surface area contributed by atoms with Gasteiger partial charge in [0.2, 0.25) is 0 Å². The van der Waals surface area contributed by atoms with Crippen molar-refractivity contribution >= 4 is 0 Å². The van der Waals surface area contributed by atoms with E-state index in [2.05, 4.69) is 36.6 Å². The van der Waals surface area contributed by atoms with Crippen LogP contribution in [0.2, 0.25) is 0 Å². The predicted octanol–water partition coefficient (Wildman–Crippen LogP) is 4.29. The van der Waals surface area contributed by atoms with E-state index in [9.17, 15) is 0 Å². The Kier molecular flexibility index (Phi) is 4.26. The molecule has 21 heavy (non-hydrogen) atoms. The van der Waals surface area contributed by atoms with Crippen LogP contribution in [0.5, 0.6) is 5.75 Å². The summed E-state index contributed by atoms with van der Waals surface area (Å²) in [5.41, 5.74) is 2.52. The Hall–Kier alpha value is -1.02. The van der Waals surface area contributed by atoms with Crippen LogP contribution in [0.15, 0.2) is 24.3 Å². The number of rotatable bonds is 5. The molecule has 2 aliphatic carbocycles. The van der Waals surface area contributed by atoms with Crippen molar-refractivity contribution in [3.05, 3.63) is 29.8 Å². The monoisotopic (exact) mass is 287 g/mol. The van der Waals surface area contributed by atoms with Crippen LogP contribution >= 0.6 is 0 Å². The molecule has 0 saturated heterocycles. The molecule has 1 aromatic rings. The van der Waals surface area contributed by atoms with E-state index in [-0.39, 0.29) is 0 Å². The number of nitrogens with one attached hydrogen (secondary N) is 1. The minimum absolute atomic E-state index is 0.358. The molecule has 1 aromatic carbocycles. The SMILES string of the molecule is CCOc1ccc(C2(CNC)CC3(CCCCC3)C2)cc1. The maximum atomic E-state index is 5.58. The van der Waals surface area contributed by atoms with Gasteiger partial charge in [-0.2, -0.15) is 0 Å². The third-order valence-corrected chi connectivity index (χ3v) is 5.63. The van der Waals surface area contributed by atoms with Crippen LogP contribution in [-0.2, 0) is 5.41 Å². The molecule has 2 heteroatoms. The van der Waals surface area contributed by atoms with Gasteiger partial charge in [0, 0.05) is 12.0 Å². The molecule has 2 fully saturated rings. The van der Waals surface area contributed by atoms with Crippen LogP contribution in [0.25, 0.3) is 0 Å². The molecule has 0 aromatic heterocycles. The minimum Gasteiger partial charge on any atom is -0.494 e. The van der Waals surface area contributed by atoms with Crippen LogP contribution in [0.1, 0.15) is 57.4 Å². The van der Waals surface area contributed by atoms with E-state index in [1.54, 1.807) is 0 Å². The van der Waals surface area contributed by atoms with E-state index in [0.717, 1.165) is 18.9 Å². The standard InChI is InChI=1S/C19H29NO/c1-3-21-17-9-7-16(8-10-17)19(15-20-2)13-18(14-19)11-5-4-6-12-18/h7-10,20H,3-6,11-15H2,1-2H3. The average Bonchev–Trinajstić information content (AvgIpc) is 2.48. The quantitative estimate of drug-likeness (QED) is 0.872. The van der Waals surface area contributed by atoms with Gasteiger partial charge < -0.3 is 10.1 Å². The summed E-state index contributed by atoms with van der Waals surface area (Å²) in [5, 5.41) is 3.44. The number of likely N-dealkylation sites (N-methyl/N-ethyl adjacent to an activating group) is 1. The topological polar surface area (TPSA) is 21.3 Å². The molecule has 1 spiro atoms. The fourth-order valence-corrected chi connectivity index (χ4v) is 4.88. The lowest BCUT2D eigenvalue weighted by Crippen LogP contribution is -2.55. The average molecular weight is 287 g/mol. The largest absolute Gasteiger partial charge is 0.494 e. The first-order chi connectivity index (χ1) is 10.2. The fraction of sp³-hybridized carbons (Fsp3) is 0.684. The van der Waals surface area contributed by atoms with Gasteiger partial charge in [-0.1, -0.05) is 31.4 Å². The molecule has 2 nitrogen and oxygen atoms in total. The van der Waals surface area contributed by atoms with Crippen LogP contribution in [0, 0.1) is 5.41 Å². The van der Waals surface area contributed by atoms with Gasteiger partial charge in [0.1, 0.15) is 5.75 Å². The molecule has 0 atom stereocenters. The summed E-state index contributed by atoms with van der Waals surface area (Å²) in [6.07, 6.45) is 9.98. The Morgan fingerprint density at radius 2 is 1.71 bits per heavy atom. The lowest BCUT2D eigenvalue weighted by molar-refractivity contribution is -0.0119. The summed E-state index contributed by atoms with van der Waals surface area (Å²) in [7, 11) is 2.09. The number of benzene rings is 1. The summed E-state index contributed by atoms with van der Waals surface area (Å²) < 4.78 is 5.58. The van der Waals surface area contributed by atoms with Crippen molar-refractivity contribution < 1.29 is 4.74 Å². The van der Waals surface area contributed by atoms with Crippen molar-refractivity contribution in [2.24, 2.45) is 5.41 Å². The van der Waals surface area contributed by atoms with Gasteiger partial charge in [-0.3, -0.25) is 0 Å². The first-order valence-electron chi connectivity index (χ1n) is 8.60. The summed E-state index contributed by atoms with van der Waals surface area (Å²) in [6.45, 7) is 3.88. The molecule has 0 amide bonds. The summed E-state index contributed by atoms with van der Waals surface area (Å²) in [4.78, 5) is 0. The van der Waals surface area contributed by atoms with E-state index in [1.807, 2.05) is 6.92 Å². The zero-order chi connectivity index (χ0) is 14.8. The van der Waals surface area contributed by atoms with Crippen molar-refractivity contribution in [2.45, 2.75) is 57.3 Å². The minimum atomic E-state index is 0.358. The molecule has 0 aliphatic heterocycles. The van der Waals surface area contributed by atoms with E-state index in [0.29, 0.717) is 10.8 Å². The van der Waals surface area contributed by atoms with E-state index >= 15 is 0 Å². The highest BCUT2D eigenvalue weighted by molar-refractivity contribution is 5.36. The molecular weight excluding hydrogens is 258 g/mol. The highest BCUT2D eigenvalue weighted by Crippen LogP contribution is 2.61. The Bertz CT molecular complexity index is 451. The highest BCUT2D eigenvalue weighted by atomic mass is 16.5. The van der Waals surface area contributed by atoms with Crippen LogP contribution in [-0.4, -0.2) is 20.2 Å². The van der Waals surface area contributed by atoms with Crippen LogP contribution in [0.4, 0.5) is 0 Å². The predicted molar refractivity (Wildman–Crippen MR) is 88.0 cm³/mol. The number of ether oxygens (including phenoxy) is 1. The van der Waals surface area contributed by atoms with E-state index in [4.69, 9.17) is 4.74 Å². The first-order valence-corrected chi connectivity index (χ1v) is 8.60. The first kappa shape index (κ1) is 14.9. The third-order valence-electron chi connectivity index (χ3n) is 5.63. The smallest absolute Gasteiger partial charge is 0.119 e. The molecule has 3 rings (SSSR count). The molecular formula is C19H29NO. The van der Waals surface area contributed by atoms with Crippen molar-refractivity contribution in [3.63, 3.8) is 0 Å². The van der Waals surface area contributed by atoms with Gasteiger partial charge in [0.15, 0.2) is 0 Å². The van der Waals surface area contributed by atoms with Gasteiger partial charge in [0.05, 0.1) is 6.61 Å². The zero-order valence-electron chi connectivity index (χ0n) is 13.6. The Morgan fingerprint density at radius 3 is 2.29 bits per heavy atom. The van der Waals surface area contributed by atoms with Crippen LogP contribution < -0.4 is 10.1 Å². The molecule has 0 bridgehead atoms. The van der Waals surface area contributed by atoms with Crippen molar-refractivity contribution in [3.8, 4) is 5.75 Å². The summed E-state index contributed by atoms with van der Waals surface area (Å²) in [6, 6.07) is 8.86. The molecule has 116 valence electrons. The molecule has 2 aliphatic rings. The lowest BCUT2D eigenvalue weighted by Gasteiger charge is -2.59. The highest BCUT2D eigenvalue weighted by Gasteiger charge is 2.54. The second kappa shape index (κ2) is 6.00. The normalized spacial score (nSPS) is 22.8. The van der Waals surface area contributed by atoms with Crippen molar-refractivity contribution in [1.82, 2.24) is 5.32 Å². The second-order valence-corrected chi connectivity index (χ2v) is 7.18. The van der Waals surface area contributed by atoms with Gasteiger partial charge in [-0.25, -0.2) is 0 Å². The van der Waals surface area contributed by atoms with Crippen molar-refractivity contribution in [1.29, 1.82) is 0 Å². The molecule has 0 radical (unpaired) electrons. The van der Waals surface area contributed by atoms with Gasteiger partial charge >= 0.3 is 0 Å². The Balaban J connectivity index is 1.76. The maximum absolute atomic E-state index is 5.58. The number of hydrogen-bond acceptors (Lipinski definition) is 2.